The molecule has 2 N–H and O–H groups in total. The van der Waals surface area contributed by atoms with Crippen molar-refractivity contribution in [3.63, 3.8) is 0 Å². The first-order valence-electron chi connectivity index (χ1n) is 6.97. The Hall–Kier alpha value is -2.14. The van der Waals surface area contributed by atoms with Gasteiger partial charge in [-0.1, -0.05) is 19.1 Å². The van der Waals surface area contributed by atoms with Crippen LogP contribution in [-0.4, -0.2) is 19.3 Å². The van der Waals surface area contributed by atoms with Crippen LogP contribution < -0.4 is 5.73 Å². The topological polar surface area (TPSA) is 61.7 Å². The number of hydrogen-bond acceptors (Lipinski definition) is 3. The predicted molar refractivity (Wildman–Crippen MR) is 79.2 cm³/mol. The first-order valence-corrected chi connectivity index (χ1v) is 6.97. The standard InChI is InChI=1S/C15H19N5/c1-2-7-20-15(17-11-18-20)10-19-8-6-13-12(9-16)4-3-5-14(13)19/h3-6,8,11H,2,7,9-10,16H2,1H3. The highest BCUT2D eigenvalue weighted by molar-refractivity contribution is 5.83. The van der Waals surface area contributed by atoms with Gasteiger partial charge in [-0.05, 0) is 24.1 Å². The van der Waals surface area contributed by atoms with Crippen LogP contribution in [0.2, 0.25) is 0 Å². The quantitative estimate of drug-likeness (QED) is 0.772. The number of hydrogen-bond donors (Lipinski definition) is 1. The predicted octanol–water partition coefficient (Wildman–Crippen LogP) is 2.15. The summed E-state index contributed by atoms with van der Waals surface area (Å²) < 4.78 is 4.17. The molecule has 0 aliphatic carbocycles. The molecular weight excluding hydrogens is 250 g/mol. The van der Waals surface area contributed by atoms with E-state index in [1.165, 1.54) is 16.5 Å². The molecule has 1 aromatic carbocycles. The van der Waals surface area contributed by atoms with Crippen LogP contribution in [0.4, 0.5) is 0 Å². The summed E-state index contributed by atoms with van der Waals surface area (Å²) in [5, 5.41) is 5.49. The summed E-state index contributed by atoms with van der Waals surface area (Å²) in [6.07, 6.45) is 4.77. The molecule has 3 aromatic rings. The molecule has 2 heterocycles. The lowest BCUT2D eigenvalue weighted by atomic mass is 10.1. The van der Waals surface area contributed by atoms with Gasteiger partial charge in [0.1, 0.15) is 12.2 Å². The number of fused-ring (bicyclic) bond motifs is 1. The van der Waals surface area contributed by atoms with Crippen LogP contribution in [0.5, 0.6) is 0 Å². The monoisotopic (exact) mass is 269 g/mol. The van der Waals surface area contributed by atoms with Crippen LogP contribution in [0.3, 0.4) is 0 Å². The molecule has 0 aliphatic heterocycles. The normalized spacial score (nSPS) is 11.3. The van der Waals surface area contributed by atoms with E-state index in [0.29, 0.717) is 6.54 Å². The minimum Gasteiger partial charge on any atom is -0.340 e. The fraction of sp³-hybridized carbons (Fsp3) is 0.333. The van der Waals surface area contributed by atoms with Gasteiger partial charge in [0.2, 0.25) is 0 Å². The van der Waals surface area contributed by atoms with Gasteiger partial charge in [-0.3, -0.25) is 0 Å². The van der Waals surface area contributed by atoms with Crippen molar-refractivity contribution in [2.45, 2.75) is 33.0 Å². The van der Waals surface area contributed by atoms with Gasteiger partial charge in [0, 0.05) is 30.2 Å². The molecule has 3 rings (SSSR count). The largest absolute Gasteiger partial charge is 0.340 e. The Balaban J connectivity index is 1.97. The molecule has 5 nitrogen and oxygen atoms in total. The molecule has 0 saturated carbocycles. The van der Waals surface area contributed by atoms with E-state index in [9.17, 15) is 0 Å². The third kappa shape index (κ3) is 2.20. The molecule has 0 saturated heterocycles. The Morgan fingerprint density at radius 3 is 2.95 bits per heavy atom. The van der Waals surface area contributed by atoms with Gasteiger partial charge < -0.3 is 10.3 Å². The Morgan fingerprint density at radius 2 is 2.15 bits per heavy atom. The summed E-state index contributed by atoms with van der Waals surface area (Å²) in [5.74, 6) is 0.988. The summed E-state index contributed by atoms with van der Waals surface area (Å²) in [6.45, 7) is 4.34. The summed E-state index contributed by atoms with van der Waals surface area (Å²) in [6, 6.07) is 8.37. The van der Waals surface area contributed by atoms with E-state index in [1.54, 1.807) is 6.33 Å². The maximum atomic E-state index is 5.79. The van der Waals surface area contributed by atoms with E-state index < -0.39 is 0 Å². The molecular formula is C15H19N5. The van der Waals surface area contributed by atoms with Gasteiger partial charge in [0.05, 0.1) is 6.54 Å². The summed E-state index contributed by atoms with van der Waals surface area (Å²) in [7, 11) is 0. The second-order valence-corrected chi connectivity index (χ2v) is 4.90. The number of nitrogens with two attached hydrogens (primary N) is 1. The molecule has 0 spiro atoms. The lowest BCUT2D eigenvalue weighted by Crippen LogP contribution is -2.09. The summed E-state index contributed by atoms with van der Waals surface area (Å²) in [5.41, 5.74) is 8.16. The Kier molecular flexibility index (Phi) is 3.52. The van der Waals surface area contributed by atoms with Crippen molar-refractivity contribution in [3.05, 3.63) is 48.2 Å². The molecule has 5 heteroatoms. The fourth-order valence-electron chi connectivity index (χ4n) is 2.56. The van der Waals surface area contributed by atoms with Crippen LogP contribution >= 0.6 is 0 Å². The number of aryl methyl sites for hydroxylation is 1. The number of nitrogens with zero attached hydrogens (tertiary/aromatic N) is 4. The molecule has 0 unspecified atom stereocenters. The van der Waals surface area contributed by atoms with Gasteiger partial charge in [0.25, 0.3) is 0 Å². The Labute approximate surface area is 118 Å². The van der Waals surface area contributed by atoms with Crippen molar-refractivity contribution in [2.24, 2.45) is 5.73 Å². The van der Waals surface area contributed by atoms with Crippen LogP contribution in [0.25, 0.3) is 10.9 Å². The van der Waals surface area contributed by atoms with Gasteiger partial charge in [-0.2, -0.15) is 5.10 Å². The maximum absolute atomic E-state index is 5.79. The summed E-state index contributed by atoms with van der Waals surface area (Å²) >= 11 is 0. The highest BCUT2D eigenvalue weighted by atomic mass is 15.3. The van der Waals surface area contributed by atoms with Crippen LogP contribution in [0.1, 0.15) is 24.7 Å². The van der Waals surface area contributed by atoms with Crippen molar-refractivity contribution in [2.75, 3.05) is 0 Å². The van der Waals surface area contributed by atoms with E-state index in [4.69, 9.17) is 5.73 Å². The molecule has 0 fully saturated rings. The highest BCUT2D eigenvalue weighted by Crippen LogP contribution is 2.20. The van der Waals surface area contributed by atoms with Crippen LogP contribution in [0.15, 0.2) is 36.8 Å². The van der Waals surface area contributed by atoms with Crippen LogP contribution in [0, 0.1) is 0 Å². The minimum absolute atomic E-state index is 0.563. The highest BCUT2D eigenvalue weighted by Gasteiger charge is 2.08. The molecule has 0 aliphatic rings. The zero-order valence-electron chi connectivity index (χ0n) is 11.7. The smallest absolute Gasteiger partial charge is 0.146 e. The van der Waals surface area contributed by atoms with Crippen molar-refractivity contribution < 1.29 is 0 Å². The van der Waals surface area contributed by atoms with Crippen LogP contribution in [-0.2, 0) is 19.6 Å². The average molecular weight is 269 g/mol. The Bertz CT molecular complexity index is 710. The Morgan fingerprint density at radius 1 is 1.25 bits per heavy atom. The van der Waals surface area contributed by atoms with Crippen molar-refractivity contribution >= 4 is 10.9 Å². The zero-order chi connectivity index (χ0) is 13.9. The number of rotatable bonds is 5. The lowest BCUT2D eigenvalue weighted by molar-refractivity contribution is 0.557. The summed E-state index contributed by atoms with van der Waals surface area (Å²) in [4.78, 5) is 4.37. The van der Waals surface area contributed by atoms with Gasteiger partial charge >= 0.3 is 0 Å². The average Bonchev–Trinajstić information content (AvgIpc) is 3.07. The minimum atomic E-state index is 0.563. The van der Waals surface area contributed by atoms with Gasteiger partial charge in [-0.25, -0.2) is 9.67 Å². The maximum Gasteiger partial charge on any atom is 0.146 e. The first kappa shape index (κ1) is 12.9. The fourth-order valence-corrected chi connectivity index (χ4v) is 2.56. The van der Waals surface area contributed by atoms with E-state index in [2.05, 4.69) is 52.0 Å². The molecule has 104 valence electrons. The van der Waals surface area contributed by atoms with Gasteiger partial charge in [-0.15, -0.1) is 0 Å². The number of aromatic nitrogens is 4. The zero-order valence-corrected chi connectivity index (χ0v) is 11.7. The van der Waals surface area contributed by atoms with Gasteiger partial charge in [0.15, 0.2) is 0 Å². The van der Waals surface area contributed by atoms with E-state index in [1.807, 2.05) is 4.68 Å². The van der Waals surface area contributed by atoms with Crippen molar-refractivity contribution in [3.8, 4) is 0 Å². The van der Waals surface area contributed by atoms with E-state index in [-0.39, 0.29) is 0 Å². The third-order valence-electron chi connectivity index (χ3n) is 3.57. The lowest BCUT2D eigenvalue weighted by Gasteiger charge is -2.08. The van der Waals surface area contributed by atoms with Crippen molar-refractivity contribution in [1.82, 2.24) is 19.3 Å². The SMILES string of the molecule is CCCn1ncnc1Cn1ccc2c(CN)cccc21. The van der Waals surface area contributed by atoms with E-state index in [0.717, 1.165) is 25.3 Å². The molecule has 0 amide bonds. The second-order valence-electron chi connectivity index (χ2n) is 4.90. The first-order chi connectivity index (χ1) is 9.83. The molecule has 20 heavy (non-hydrogen) atoms. The second kappa shape index (κ2) is 5.46. The van der Waals surface area contributed by atoms with Crippen molar-refractivity contribution in [1.29, 1.82) is 0 Å². The van der Waals surface area contributed by atoms with E-state index >= 15 is 0 Å². The molecule has 0 radical (unpaired) electrons. The molecule has 0 atom stereocenters. The molecule has 0 bridgehead atoms. The third-order valence-corrected chi connectivity index (χ3v) is 3.57. The molecule has 2 aromatic heterocycles. The number of benzene rings is 1.